The summed E-state index contributed by atoms with van der Waals surface area (Å²) in [6.45, 7) is 8.00. The van der Waals surface area contributed by atoms with Gasteiger partial charge in [-0.3, -0.25) is 0 Å². The smallest absolute Gasteiger partial charge is 0.490 e. The molecule has 0 bridgehead atoms. The molecule has 0 aliphatic rings. The largest absolute Gasteiger partial charge is 0.493 e. The molecule has 5 nitrogen and oxygen atoms in total. The van der Waals surface area contributed by atoms with Gasteiger partial charge in [0.25, 0.3) is 5.17 Å². The van der Waals surface area contributed by atoms with Crippen molar-refractivity contribution in [3.8, 4) is 11.5 Å². The Labute approximate surface area is 176 Å². The minimum Gasteiger partial charge on any atom is -0.493 e. The molecule has 0 radical (unpaired) electrons. The van der Waals surface area contributed by atoms with Crippen LogP contribution in [0.25, 0.3) is 0 Å². The lowest BCUT2D eigenvalue weighted by Crippen LogP contribution is -2.31. The number of nitrogens with one attached hydrogen (secondary N) is 1. The van der Waals surface area contributed by atoms with E-state index in [0.29, 0.717) is 22.2 Å². The van der Waals surface area contributed by atoms with Crippen LogP contribution in [0.4, 0.5) is 5.69 Å². The number of thiocarbonyl (C=S) groups is 1. The van der Waals surface area contributed by atoms with E-state index >= 15 is 0 Å². The molecule has 0 amide bonds. The fraction of sp³-hybridized carbons (Fsp3) is 0.278. The molecule has 0 fully saturated rings. The zero-order chi connectivity index (χ0) is 21.0. The second-order valence-electron chi connectivity index (χ2n) is 4.39. The van der Waals surface area contributed by atoms with Crippen LogP contribution in [-0.4, -0.2) is 29.5 Å². The van der Waals surface area contributed by atoms with Gasteiger partial charge in [0.1, 0.15) is 0 Å². The standard InChI is InChI=1S/C14H12BCl2NO4S.2C2H6/c1-21-12-7-8(16)5-6-11(12)22-14(23)18-10-4-2-3-9(13(10)17)15(19)20;2*1-2/h2-7,19-20H,1H3,(H,18,23);2*1-2H3. The Kier molecular flexibility index (Phi) is 12.9. The molecule has 9 heteroatoms. The maximum atomic E-state index is 9.24. The molecule has 0 aromatic heterocycles. The molecule has 0 saturated heterocycles. The monoisotopic (exact) mass is 431 g/mol. The van der Waals surface area contributed by atoms with Gasteiger partial charge in [0.15, 0.2) is 11.5 Å². The van der Waals surface area contributed by atoms with Crippen LogP contribution in [0.3, 0.4) is 0 Å². The predicted molar refractivity (Wildman–Crippen MR) is 119 cm³/mol. The number of hydrogen-bond donors (Lipinski definition) is 3. The van der Waals surface area contributed by atoms with Crippen LogP contribution in [0, 0.1) is 0 Å². The fourth-order valence-electron chi connectivity index (χ4n) is 1.81. The highest BCUT2D eigenvalue weighted by atomic mass is 35.5. The molecule has 0 atom stereocenters. The van der Waals surface area contributed by atoms with Crippen molar-refractivity contribution >= 4 is 58.9 Å². The number of methoxy groups -OCH3 is 1. The minimum absolute atomic E-state index is 0.0112. The molecular formula is C18H24BCl2NO4S. The lowest BCUT2D eigenvalue weighted by atomic mass is 9.80. The minimum atomic E-state index is -1.69. The van der Waals surface area contributed by atoms with E-state index in [1.807, 2.05) is 27.7 Å². The van der Waals surface area contributed by atoms with Gasteiger partial charge < -0.3 is 24.8 Å². The highest BCUT2D eigenvalue weighted by molar-refractivity contribution is 7.80. The SMILES string of the molecule is CC.CC.COc1cc(Cl)ccc1OC(=S)Nc1cccc(B(O)O)c1Cl. The number of halogens is 2. The van der Waals surface area contributed by atoms with Gasteiger partial charge in [-0.1, -0.05) is 63.0 Å². The molecule has 0 unspecified atom stereocenters. The van der Waals surface area contributed by atoms with Crippen LogP contribution < -0.4 is 20.3 Å². The van der Waals surface area contributed by atoms with Crippen molar-refractivity contribution in [1.29, 1.82) is 0 Å². The third-order valence-electron chi connectivity index (χ3n) is 2.87. The molecule has 3 N–H and O–H groups in total. The molecule has 2 aromatic rings. The summed E-state index contributed by atoms with van der Waals surface area (Å²) in [4.78, 5) is 0. The Morgan fingerprint density at radius 1 is 1.04 bits per heavy atom. The summed E-state index contributed by atoms with van der Waals surface area (Å²) in [5.41, 5.74) is 0.540. The third kappa shape index (κ3) is 7.95. The molecule has 2 rings (SSSR count). The zero-order valence-corrected chi connectivity index (χ0v) is 18.2. The second-order valence-corrected chi connectivity index (χ2v) is 5.58. The molecule has 0 saturated carbocycles. The van der Waals surface area contributed by atoms with Crippen molar-refractivity contribution in [3.05, 3.63) is 46.4 Å². The van der Waals surface area contributed by atoms with Gasteiger partial charge in [-0.2, -0.15) is 0 Å². The van der Waals surface area contributed by atoms with E-state index in [0.717, 1.165) is 0 Å². The van der Waals surface area contributed by atoms with Crippen LogP contribution in [0.2, 0.25) is 10.0 Å². The first-order chi connectivity index (χ1) is 12.9. The van der Waals surface area contributed by atoms with Crippen LogP contribution in [0.1, 0.15) is 27.7 Å². The Bertz CT molecular complexity index is 733. The van der Waals surface area contributed by atoms with Crippen LogP contribution >= 0.6 is 35.4 Å². The second kappa shape index (κ2) is 13.6. The topological polar surface area (TPSA) is 71.0 Å². The summed E-state index contributed by atoms with van der Waals surface area (Å²) in [7, 11) is -0.201. The van der Waals surface area contributed by atoms with Crippen molar-refractivity contribution < 1.29 is 19.5 Å². The predicted octanol–water partition coefficient (Wildman–Crippen LogP) is 4.51. The Morgan fingerprint density at radius 3 is 2.22 bits per heavy atom. The van der Waals surface area contributed by atoms with Crippen LogP contribution in [0.5, 0.6) is 11.5 Å². The van der Waals surface area contributed by atoms with E-state index in [-0.39, 0.29) is 15.7 Å². The van der Waals surface area contributed by atoms with Gasteiger partial charge in [-0.15, -0.1) is 0 Å². The first kappa shape index (κ1) is 25.5. The lowest BCUT2D eigenvalue weighted by Gasteiger charge is -2.14. The Hall–Kier alpha value is -1.51. The van der Waals surface area contributed by atoms with Crippen LogP contribution in [0.15, 0.2) is 36.4 Å². The van der Waals surface area contributed by atoms with Gasteiger partial charge in [0.05, 0.1) is 17.8 Å². The molecule has 2 aromatic carbocycles. The van der Waals surface area contributed by atoms with Crippen molar-refractivity contribution in [2.75, 3.05) is 12.4 Å². The van der Waals surface area contributed by atoms with E-state index < -0.39 is 7.12 Å². The van der Waals surface area contributed by atoms with Crippen molar-refractivity contribution in [2.45, 2.75) is 27.7 Å². The normalized spacial score (nSPS) is 9.07. The Morgan fingerprint density at radius 2 is 1.67 bits per heavy atom. The van der Waals surface area contributed by atoms with Crippen molar-refractivity contribution in [3.63, 3.8) is 0 Å². The maximum absolute atomic E-state index is 9.24. The van der Waals surface area contributed by atoms with Gasteiger partial charge in [0, 0.05) is 16.6 Å². The molecule has 27 heavy (non-hydrogen) atoms. The molecular weight excluding hydrogens is 408 g/mol. The molecule has 0 heterocycles. The van der Waals surface area contributed by atoms with Crippen LogP contribution in [-0.2, 0) is 0 Å². The molecule has 0 aliphatic heterocycles. The first-order valence-electron chi connectivity index (χ1n) is 8.39. The number of ether oxygens (including phenoxy) is 2. The summed E-state index contributed by atoms with van der Waals surface area (Å²) >= 11 is 17.1. The summed E-state index contributed by atoms with van der Waals surface area (Å²) in [5.74, 6) is 0.802. The zero-order valence-electron chi connectivity index (χ0n) is 15.9. The maximum Gasteiger partial charge on any atom is 0.490 e. The quantitative estimate of drug-likeness (QED) is 0.488. The third-order valence-corrected chi connectivity index (χ3v) is 3.71. The van der Waals surface area contributed by atoms with E-state index in [1.54, 1.807) is 30.3 Å². The van der Waals surface area contributed by atoms with Crippen molar-refractivity contribution in [1.82, 2.24) is 0 Å². The highest BCUT2D eigenvalue weighted by Crippen LogP contribution is 2.30. The number of rotatable bonds is 4. The van der Waals surface area contributed by atoms with Gasteiger partial charge in [-0.25, -0.2) is 0 Å². The summed E-state index contributed by atoms with van der Waals surface area (Å²) in [5, 5.41) is 21.9. The first-order valence-corrected chi connectivity index (χ1v) is 9.55. The average Bonchev–Trinajstić information content (AvgIpc) is 2.67. The number of benzene rings is 2. The van der Waals surface area contributed by atoms with Gasteiger partial charge >= 0.3 is 7.12 Å². The number of anilines is 1. The van der Waals surface area contributed by atoms with Gasteiger partial charge in [0.2, 0.25) is 0 Å². The summed E-state index contributed by atoms with van der Waals surface area (Å²) < 4.78 is 10.7. The lowest BCUT2D eigenvalue weighted by molar-refractivity contribution is 0.392. The van der Waals surface area contributed by atoms with E-state index in [2.05, 4.69) is 5.32 Å². The van der Waals surface area contributed by atoms with Gasteiger partial charge in [-0.05, 0) is 30.4 Å². The Balaban J connectivity index is 0.00000158. The molecule has 0 aliphatic carbocycles. The number of hydrogen-bond acceptors (Lipinski definition) is 5. The van der Waals surface area contributed by atoms with Crippen molar-refractivity contribution in [2.24, 2.45) is 0 Å². The summed E-state index contributed by atoms with van der Waals surface area (Å²) in [6.07, 6.45) is 0. The van der Waals surface area contributed by atoms with E-state index in [4.69, 9.17) is 44.9 Å². The summed E-state index contributed by atoms with van der Waals surface area (Å²) in [6, 6.07) is 9.57. The van der Waals surface area contributed by atoms with E-state index in [1.165, 1.54) is 13.2 Å². The molecule has 148 valence electrons. The highest BCUT2D eigenvalue weighted by Gasteiger charge is 2.18. The fourth-order valence-corrected chi connectivity index (χ4v) is 2.44. The molecule has 0 spiro atoms. The average molecular weight is 432 g/mol. The van der Waals surface area contributed by atoms with E-state index in [9.17, 15) is 10.0 Å².